The first kappa shape index (κ1) is 11.1. The van der Waals surface area contributed by atoms with Crippen LogP contribution < -0.4 is 5.73 Å². The standard InChI is InChI=1S/C10H9FN4O2/c11-7-4-2-1-3-6(7)5-17-9(16)8-13-10(12)15-14-8/h1-4H,5H2,(H3,12,13,14,15). The molecule has 1 aromatic carbocycles. The smallest absolute Gasteiger partial charge is 0.376 e. The van der Waals surface area contributed by atoms with E-state index in [0.717, 1.165) is 0 Å². The molecule has 0 aliphatic heterocycles. The van der Waals surface area contributed by atoms with Crippen LogP contribution in [0.15, 0.2) is 24.3 Å². The highest BCUT2D eigenvalue weighted by Gasteiger charge is 2.13. The Kier molecular flexibility index (Phi) is 2.99. The van der Waals surface area contributed by atoms with Crippen LogP contribution in [0.4, 0.5) is 10.3 Å². The first-order valence-electron chi connectivity index (χ1n) is 4.75. The lowest BCUT2D eigenvalue weighted by molar-refractivity contribution is 0.0455. The third-order valence-corrected chi connectivity index (χ3v) is 2.01. The van der Waals surface area contributed by atoms with Gasteiger partial charge in [-0.2, -0.15) is 4.98 Å². The van der Waals surface area contributed by atoms with E-state index < -0.39 is 11.8 Å². The normalized spacial score (nSPS) is 10.2. The molecule has 1 heterocycles. The van der Waals surface area contributed by atoms with Gasteiger partial charge < -0.3 is 10.5 Å². The van der Waals surface area contributed by atoms with E-state index in [1.165, 1.54) is 12.1 Å². The molecule has 0 spiro atoms. The topological polar surface area (TPSA) is 93.9 Å². The molecule has 1 aromatic heterocycles. The van der Waals surface area contributed by atoms with Crippen LogP contribution in [0.5, 0.6) is 0 Å². The number of nitrogens with zero attached hydrogens (tertiary/aromatic N) is 2. The average molecular weight is 236 g/mol. The summed E-state index contributed by atoms with van der Waals surface area (Å²) in [7, 11) is 0. The summed E-state index contributed by atoms with van der Waals surface area (Å²) in [4.78, 5) is 15.0. The van der Waals surface area contributed by atoms with Crippen LogP contribution >= 0.6 is 0 Å². The Morgan fingerprint density at radius 1 is 1.47 bits per heavy atom. The lowest BCUT2D eigenvalue weighted by Crippen LogP contribution is -2.08. The summed E-state index contributed by atoms with van der Waals surface area (Å²) < 4.78 is 18.0. The van der Waals surface area contributed by atoms with Gasteiger partial charge in [-0.15, -0.1) is 5.10 Å². The number of rotatable bonds is 3. The van der Waals surface area contributed by atoms with Gasteiger partial charge in [0, 0.05) is 5.56 Å². The van der Waals surface area contributed by atoms with Crippen molar-refractivity contribution in [2.75, 3.05) is 5.73 Å². The van der Waals surface area contributed by atoms with Gasteiger partial charge in [0.2, 0.25) is 11.8 Å². The minimum absolute atomic E-state index is 0.0529. The van der Waals surface area contributed by atoms with Gasteiger partial charge in [-0.05, 0) is 6.07 Å². The maximum atomic E-state index is 13.2. The van der Waals surface area contributed by atoms with Crippen molar-refractivity contribution in [2.45, 2.75) is 6.61 Å². The molecular weight excluding hydrogens is 227 g/mol. The third kappa shape index (κ3) is 2.57. The van der Waals surface area contributed by atoms with Gasteiger partial charge in [0.05, 0.1) is 0 Å². The molecule has 0 atom stereocenters. The molecule has 0 saturated heterocycles. The number of H-pyrrole nitrogens is 1. The third-order valence-electron chi connectivity index (χ3n) is 2.01. The van der Waals surface area contributed by atoms with Crippen molar-refractivity contribution in [3.05, 3.63) is 41.5 Å². The number of hydrogen-bond acceptors (Lipinski definition) is 5. The van der Waals surface area contributed by atoms with E-state index in [0.29, 0.717) is 0 Å². The van der Waals surface area contributed by atoms with Crippen LogP contribution in [0, 0.1) is 5.82 Å². The number of carbonyl (C=O) groups is 1. The predicted molar refractivity (Wildman–Crippen MR) is 56.3 cm³/mol. The Balaban J connectivity index is 1.99. The van der Waals surface area contributed by atoms with Gasteiger partial charge in [0.1, 0.15) is 12.4 Å². The molecule has 88 valence electrons. The van der Waals surface area contributed by atoms with Crippen LogP contribution in [0.2, 0.25) is 0 Å². The number of esters is 1. The van der Waals surface area contributed by atoms with Crippen LogP contribution in [0.25, 0.3) is 0 Å². The van der Waals surface area contributed by atoms with Crippen molar-refractivity contribution >= 4 is 11.9 Å². The summed E-state index contributed by atoms with van der Waals surface area (Å²) in [5.74, 6) is -1.34. The predicted octanol–water partition coefficient (Wildman–Crippen LogP) is 0.883. The van der Waals surface area contributed by atoms with Crippen molar-refractivity contribution in [3.63, 3.8) is 0 Å². The number of aromatic nitrogens is 3. The molecule has 0 aliphatic carbocycles. The fourth-order valence-corrected chi connectivity index (χ4v) is 1.19. The van der Waals surface area contributed by atoms with E-state index in [4.69, 9.17) is 10.5 Å². The van der Waals surface area contributed by atoms with E-state index in [2.05, 4.69) is 15.2 Å². The second-order valence-electron chi connectivity index (χ2n) is 3.21. The maximum absolute atomic E-state index is 13.2. The minimum Gasteiger partial charge on any atom is -0.455 e. The van der Waals surface area contributed by atoms with Crippen LogP contribution in [0.1, 0.15) is 16.2 Å². The monoisotopic (exact) mass is 236 g/mol. The van der Waals surface area contributed by atoms with Crippen molar-refractivity contribution in [3.8, 4) is 0 Å². The minimum atomic E-state index is -0.738. The Hall–Kier alpha value is -2.44. The van der Waals surface area contributed by atoms with Gasteiger partial charge >= 0.3 is 5.97 Å². The molecule has 0 saturated carbocycles. The Bertz CT molecular complexity index is 541. The van der Waals surface area contributed by atoms with E-state index in [9.17, 15) is 9.18 Å². The zero-order chi connectivity index (χ0) is 12.3. The highest BCUT2D eigenvalue weighted by molar-refractivity contribution is 5.85. The second kappa shape index (κ2) is 4.60. The van der Waals surface area contributed by atoms with Gasteiger partial charge in [0.25, 0.3) is 0 Å². The van der Waals surface area contributed by atoms with E-state index in [1.54, 1.807) is 12.1 Å². The molecule has 0 fully saturated rings. The fourth-order valence-electron chi connectivity index (χ4n) is 1.19. The number of ether oxygens (including phenoxy) is 1. The number of aromatic amines is 1. The molecule has 0 unspecified atom stereocenters. The molecule has 17 heavy (non-hydrogen) atoms. The van der Waals surface area contributed by atoms with Crippen LogP contribution in [0.3, 0.4) is 0 Å². The number of anilines is 1. The van der Waals surface area contributed by atoms with Gasteiger partial charge in [0.15, 0.2) is 0 Å². The van der Waals surface area contributed by atoms with Crippen LogP contribution in [-0.4, -0.2) is 21.2 Å². The Labute approximate surface area is 95.6 Å². The molecule has 3 N–H and O–H groups in total. The largest absolute Gasteiger partial charge is 0.455 e. The number of nitrogens with two attached hydrogens (primary N) is 1. The first-order valence-corrected chi connectivity index (χ1v) is 4.75. The zero-order valence-electron chi connectivity index (χ0n) is 8.68. The quantitative estimate of drug-likeness (QED) is 0.771. The summed E-state index contributed by atoms with van der Waals surface area (Å²) in [5.41, 5.74) is 5.51. The average Bonchev–Trinajstić information content (AvgIpc) is 2.74. The molecule has 2 aromatic rings. The molecule has 7 heteroatoms. The SMILES string of the molecule is Nc1n[nH]c(C(=O)OCc2ccccc2F)n1. The summed E-state index contributed by atoms with van der Waals surface area (Å²) in [6.07, 6.45) is 0. The number of carbonyl (C=O) groups excluding carboxylic acids is 1. The van der Waals surface area contributed by atoms with Gasteiger partial charge in [-0.1, -0.05) is 18.2 Å². The number of nitrogens with one attached hydrogen (secondary N) is 1. The lowest BCUT2D eigenvalue weighted by atomic mass is 10.2. The summed E-state index contributed by atoms with van der Waals surface area (Å²) in [5, 5.41) is 5.78. The molecule has 0 amide bonds. The molecule has 0 radical (unpaired) electrons. The number of nitrogen functional groups attached to an aromatic ring is 1. The number of hydrogen-bond donors (Lipinski definition) is 2. The summed E-state index contributed by atoms with van der Waals surface area (Å²) in [6.45, 7) is -0.174. The Morgan fingerprint density at radius 3 is 2.88 bits per heavy atom. The fraction of sp³-hybridized carbons (Fsp3) is 0.100. The first-order chi connectivity index (χ1) is 8.16. The molecular formula is C10H9FN4O2. The number of benzene rings is 1. The van der Waals surface area contributed by atoms with Crippen molar-refractivity contribution in [1.82, 2.24) is 15.2 Å². The summed E-state index contributed by atoms with van der Waals surface area (Å²) in [6, 6.07) is 6.02. The zero-order valence-corrected chi connectivity index (χ0v) is 8.68. The summed E-state index contributed by atoms with van der Waals surface area (Å²) >= 11 is 0. The molecule has 2 rings (SSSR count). The molecule has 6 nitrogen and oxygen atoms in total. The van der Waals surface area contributed by atoms with Gasteiger partial charge in [-0.3, -0.25) is 5.10 Å². The lowest BCUT2D eigenvalue weighted by Gasteiger charge is -2.03. The van der Waals surface area contributed by atoms with Crippen molar-refractivity contribution < 1.29 is 13.9 Å². The number of halogens is 1. The van der Waals surface area contributed by atoms with E-state index >= 15 is 0 Å². The second-order valence-corrected chi connectivity index (χ2v) is 3.21. The van der Waals surface area contributed by atoms with Crippen LogP contribution in [-0.2, 0) is 11.3 Å². The molecule has 0 bridgehead atoms. The highest BCUT2D eigenvalue weighted by Crippen LogP contribution is 2.08. The van der Waals surface area contributed by atoms with Crippen molar-refractivity contribution in [2.24, 2.45) is 0 Å². The van der Waals surface area contributed by atoms with E-state index in [1.807, 2.05) is 0 Å². The highest BCUT2D eigenvalue weighted by atomic mass is 19.1. The molecule has 0 aliphatic rings. The van der Waals surface area contributed by atoms with E-state index in [-0.39, 0.29) is 23.9 Å². The maximum Gasteiger partial charge on any atom is 0.376 e. The van der Waals surface area contributed by atoms with Gasteiger partial charge in [-0.25, -0.2) is 9.18 Å². The van der Waals surface area contributed by atoms with Crippen molar-refractivity contribution in [1.29, 1.82) is 0 Å². The Morgan fingerprint density at radius 2 is 2.24 bits per heavy atom.